The Hall–Kier alpha value is 0.234. The summed E-state index contributed by atoms with van der Waals surface area (Å²) in [6.07, 6.45) is 0.0734. The van der Waals surface area contributed by atoms with Gasteiger partial charge in [-0.3, -0.25) is 0 Å². The van der Waals surface area contributed by atoms with Gasteiger partial charge in [-0.15, -0.1) is 0 Å². The van der Waals surface area contributed by atoms with Gasteiger partial charge in [-0.25, -0.2) is 0 Å². The molecule has 1 heterocycles. The Morgan fingerprint density at radius 1 is 0.900 bits per heavy atom. The van der Waals surface area contributed by atoms with Crippen LogP contribution in [-0.4, -0.2) is 60.1 Å². The smallest absolute Gasteiger partial charge is 0.192 e. The van der Waals surface area contributed by atoms with Crippen LogP contribution in [0.5, 0.6) is 0 Å². The average Bonchev–Trinajstić information content (AvgIpc) is 2.58. The van der Waals surface area contributed by atoms with Crippen LogP contribution in [0.25, 0.3) is 0 Å². The van der Waals surface area contributed by atoms with Crippen molar-refractivity contribution >= 4 is 16.6 Å². The van der Waals surface area contributed by atoms with Crippen molar-refractivity contribution in [2.45, 2.75) is 123 Å². The quantitative estimate of drug-likeness (QED) is 0.462. The van der Waals surface area contributed by atoms with Crippen molar-refractivity contribution in [1.29, 1.82) is 0 Å². The van der Waals surface area contributed by atoms with E-state index in [1.807, 2.05) is 0 Å². The van der Waals surface area contributed by atoms with E-state index < -0.39 is 16.6 Å². The highest BCUT2D eigenvalue weighted by molar-refractivity contribution is 6.74. The lowest BCUT2D eigenvalue weighted by Crippen LogP contribution is -2.56. The number of methoxy groups -OCH3 is 1. The van der Waals surface area contributed by atoms with Crippen molar-refractivity contribution < 1.29 is 23.4 Å². The lowest BCUT2D eigenvalue weighted by molar-refractivity contribution is -0.254. The van der Waals surface area contributed by atoms with E-state index in [0.29, 0.717) is 6.42 Å². The van der Waals surface area contributed by atoms with Crippen LogP contribution in [0, 0.1) is 11.8 Å². The number of aliphatic hydroxyl groups excluding tert-OH is 1. The maximum Gasteiger partial charge on any atom is 0.192 e. The molecule has 0 aromatic heterocycles. The van der Waals surface area contributed by atoms with Gasteiger partial charge in [0.05, 0.1) is 24.9 Å². The van der Waals surface area contributed by atoms with E-state index in [9.17, 15) is 5.11 Å². The Bertz CT molecular complexity index is 539. The van der Waals surface area contributed by atoms with Crippen LogP contribution < -0.4 is 0 Å². The molecule has 180 valence electrons. The van der Waals surface area contributed by atoms with Crippen LogP contribution in [0.1, 0.15) is 61.8 Å². The molecule has 1 rings (SSSR count). The Morgan fingerprint density at radius 2 is 1.40 bits per heavy atom. The summed E-state index contributed by atoms with van der Waals surface area (Å²) in [4.78, 5) is 0. The summed E-state index contributed by atoms with van der Waals surface area (Å²) in [6.45, 7) is 26.9. The van der Waals surface area contributed by atoms with Gasteiger partial charge >= 0.3 is 0 Å². The molecule has 0 radical (unpaired) electrons. The second-order valence-electron chi connectivity index (χ2n) is 12.3. The molecule has 0 aromatic rings. The van der Waals surface area contributed by atoms with Gasteiger partial charge in [0.25, 0.3) is 0 Å². The molecule has 1 N–H and O–H groups in total. The van der Waals surface area contributed by atoms with E-state index in [-0.39, 0.29) is 53.1 Å². The van der Waals surface area contributed by atoms with Gasteiger partial charge in [0, 0.05) is 25.4 Å². The van der Waals surface area contributed by atoms with Crippen LogP contribution in [0.2, 0.25) is 36.3 Å². The molecule has 1 fully saturated rings. The molecule has 0 aliphatic carbocycles. The minimum atomic E-state index is -1.99. The first-order valence-electron chi connectivity index (χ1n) is 11.5. The van der Waals surface area contributed by atoms with Crippen molar-refractivity contribution in [3.8, 4) is 0 Å². The zero-order valence-electron chi connectivity index (χ0n) is 22.0. The molecule has 0 aromatic carbocycles. The summed E-state index contributed by atoms with van der Waals surface area (Å²) in [7, 11) is -2.23. The van der Waals surface area contributed by atoms with Gasteiger partial charge < -0.3 is 23.4 Å². The molecule has 1 aliphatic heterocycles. The number of aliphatic hydroxyl groups is 1. The lowest BCUT2D eigenvalue weighted by atomic mass is 9.84. The second-order valence-corrected chi connectivity index (χ2v) is 21.8. The molecule has 0 amide bonds. The van der Waals surface area contributed by atoms with Gasteiger partial charge in [0.1, 0.15) is 0 Å². The standard InChI is InChI=1S/C23H50O5Si2/c1-16-19(14-18(15-24)27-29(10,11)22(3,4)5)26-21(25-9)17(2)20(16)28-30(12,13)23(6,7)8/h16-21,24H,14-15H2,1-13H3/t16-,17+,18-,19-,20-,21-/m1/s1. The van der Waals surface area contributed by atoms with Gasteiger partial charge in [0.15, 0.2) is 22.9 Å². The van der Waals surface area contributed by atoms with E-state index in [1.54, 1.807) is 7.11 Å². The molecule has 5 nitrogen and oxygen atoms in total. The van der Waals surface area contributed by atoms with Crippen LogP contribution in [-0.2, 0) is 18.3 Å². The monoisotopic (exact) mass is 462 g/mol. The maximum absolute atomic E-state index is 10.1. The molecular formula is C23H50O5Si2. The summed E-state index contributed by atoms with van der Waals surface area (Å²) in [5, 5.41) is 10.3. The number of hydrogen-bond acceptors (Lipinski definition) is 5. The zero-order valence-corrected chi connectivity index (χ0v) is 24.0. The first-order chi connectivity index (χ1) is 13.4. The molecule has 0 bridgehead atoms. The predicted molar refractivity (Wildman–Crippen MR) is 130 cm³/mol. The summed E-state index contributed by atoms with van der Waals surface area (Å²) in [5.74, 6) is 0.335. The summed E-state index contributed by atoms with van der Waals surface area (Å²) in [6, 6.07) is 0. The SMILES string of the molecule is CO[C@@H]1O[C@H](C[C@H](CO)O[Si](C)(C)C(C)(C)C)[C@@H](C)[C@@H](O[Si](C)(C)C(C)(C)C)[C@@H]1C. The number of hydrogen-bond donors (Lipinski definition) is 1. The first-order valence-corrected chi connectivity index (χ1v) is 17.3. The van der Waals surface area contributed by atoms with Gasteiger partial charge in [-0.05, 0) is 36.3 Å². The summed E-state index contributed by atoms with van der Waals surface area (Å²) >= 11 is 0. The zero-order chi connectivity index (χ0) is 23.7. The van der Waals surface area contributed by atoms with Crippen molar-refractivity contribution in [3.63, 3.8) is 0 Å². The largest absolute Gasteiger partial charge is 0.413 e. The van der Waals surface area contributed by atoms with Crippen LogP contribution in [0.15, 0.2) is 0 Å². The Balaban J connectivity index is 3.06. The topological polar surface area (TPSA) is 57.2 Å². The first kappa shape index (κ1) is 28.3. The summed E-state index contributed by atoms with van der Waals surface area (Å²) < 4.78 is 25.5. The van der Waals surface area contributed by atoms with E-state index in [1.165, 1.54) is 0 Å². The van der Waals surface area contributed by atoms with E-state index >= 15 is 0 Å². The van der Waals surface area contributed by atoms with Crippen molar-refractivity contribution in [2.75, 3.05) is 13.7 Å². The molecule has 0 spiro atoms. The third-order valence-corrected chi connectivity index (χ3v) is 16.8. The second kappa shape index (κ2) is 10.0. The van der Waals surface area contributed by atoms with Crippen LogP contribution >= 0.6 is 0 Å². The number of ether oxygens (including phenoxy) is 2. The van der Waals surface area contributed by atoms with Crippen molar-refractivity contribution in [3.05, 3.63) is 0 Å². The normalized spacial score (nSPS) is 30.4. The van der Waals surface area contributed by atoms with Crippen molar-refractivity contribution in [1.82, 2.24) is 0 Å². The van der Waals surface area contributed by atoms with E-state index in [4.69, 9.17) is 18.3 Å². The molecule has 30 heavy (non-hydrogen) atoms. The highest BCUT2D eigenvalue weighted by Crippen LogP contribution is 2.43. The highest BCUT2D eigenvalue weighted by Gasteiger charge is 2.48. The molecule has 6 atom stereocenters. The Labute approximate surface area is 188 Å². The molecule has 0 unspecified atom stereocenters. The molecule has 0 saturated carbocycles. The Kier molecular flexibility index (Phi) is 9.44. The average molecular weight is 463 g/mol. The third-order valence-electron chi connectivity index (χ3n) is 7.80. The maximum atomic E-state index is 10.1. The van der Waals surface area contributed by atoms with Crippen LogP contribution in [0.3, 0.4) is 0 Å². The van der Waals surface area contributed by atoms with Gasteiger partial charge in [0.2, 0.25) is 0 Å². The Morgan fingerprint density at radius 3 is 1.80 bits per heavy atom. The predicted octanol–water partition coefficient (Wildman–Crippen LogP) is 5.79. The van der Waals surface area contributed by atoms with E-state index in [0.717, 1.165) is 0 Å². The van der Waals surface area contributed by atoms with Crippen LogP contribution in [0.4, 0.5) is 0 Å². The third kappa shape index (κ3) is 6.62. The van der Waals surface area contributed by atoms with E-state index in [2.05, 4.69) is 81.6 Å². The fraction of sp³-hybridized carbons (Fsp3) is 1.00. The minimum absolute atomic E-state index is 0.0000500. The van der Waals surface area contributed by atoms with Crippen molar-refractivity contribution in [2.24, 2.45) is 11.8 Å². The summed E-state index contributed by atoms with van der Waals surface area (Å²) in [5.41, 5.74) is 0. The molecular weight excluding hydrogens is 412 g/mol. The molecule has 7 heteroatoms. The lowest BCUT2D eigenvalue weighted by Gasteiger charge is -2.49. The fourth-order valence-corrected chi connectivity index (χ4v) is 6.37. The molecule has 1 saturated heterocycles. The van der Waals surface area contributed by atoms with Gasteiger partial charge in [-0.2, -0.15) is 0 Å². The highest BCUT2D eigenvalue weighted by atomic mass is 28.4. The van der Waals surface area contributed by atoms with Gasteiger partial charge in [-0.1, -0.05) is 55.4 Å². The minimum Gasteiger partial charge on any atom is -0.413 e. The fourth-order valence-electron chi connectivity index (χ4n) is 3.55. The molecule has 1 aliphatic rings. The number of rotatable bonds is 8.